The summed E-state index contributed by atoms with van der Waals surface area (Å²) in [5.41, 5.74) is 2.14. The molecule has 50 valence electrons. The molecule has 0 fully saturated rings. The van der Waals surface area contributed by atoms with Crippen molar-refractivity contribution in [1.29, 1.82) is 0 Å². The fourth-order valence-electron chi connectivity index (χ4n) is 0.826. The highest BCUT2D eigenvalue weighted by Crippen LogP contribution is 2.04. The van der Waals surface area contributed by atoms with Crippen LogP contribution in [0.25, 0.3) is 0 Å². The van der Waals surface area contributed by atoms with Crippen molar-refractivity contribution in [3.63, 3.8) is 0 Å². The minimum Gasteiger partial charge on any atom is -0.390 e. The lowest BCUT2D eigenvalue weighted by Crippen LogP contribution is -1.96. The van der Waals surface area contributed by atoms with Gasteiger partial charge >= 0.3 is 0 Å². The van der Waals surface area contributed by atoms with Crippen molar-refractivity contribution in [3.05, 3.63) is 23.5 Å². The van der Waals surface area contributed by atoms with Crippen LogP contribution in [0.1, 0.15) is 11.4 Å². The van der Waals surface area contributed by atoms with Gasteiger partial charge in [-0.3, -0.25) is 0 Å². The van der Waals surface area contributed by atoms with Gasteiger partial charge in [0.2, 0.25) is 0 Å². The summed E-state index contributed by atoms with van der Waals surface area (Å²) >= 11 is 0. The predicted octanol–water partition coefficient (Wildman–Crippen LogP) is 0.826. The quantitative estimate of drug-likeness (QED) is 0.590. The first kappa shape index (κ1) is 6.36. The fraction of sp³-hybridized carbons (Fsp3) is 0.429. The highest BCUT2D eigenvalue weighted by atomic mass is 16.3. The Balaban J connectivity index is 3.04. The van der Waals surface area contributed by atoms with Gasteiger partial charge in [-0.15, -0.1) is 0 Å². The van der Waals surface area contributed by atoms with Crippen LogP contribution in [0.4, 0.5) is 0 Å². The molecule has 0 saturated carbocycles. The smallest absolute Gasteiger partial charge is 0.0832 e. The molecule has 1 N–H and O–H groups in total. The van der Waals surface area contributed by atoms with Gasteiger partial charge in [-0.25, -0.2) is 0 Å². The van der Waals surface area contributed by atoms with Gasteiger partial charge in [0.1, 0.15) is 0 Å². The van der Waals surface area contributed by atoms with Gasteiger partial charge in [-0.2, -0.15) is 0 Å². The second-order valence-electron chi connectivity index (χ2n) is 2.18. The Morgan fingerprint density at radius 2 is 2.22 bits per heavy atom. The van der Waals surface area contributed by atoms with Crippen LogP contribution in [0.15, 0.2) is 12.1 Å². The first-order valence-corrected chi connectivity index (χ1v) is 2.97. The molecule has 1 aromatic heterocycles. The summed E-state index contributed by atoms with van der Waals surface area (Å²) in [7, 11) is 1.95. The predicted molar refractivity (Wildman–Crippen MR) is 36.1 cm³/mol. The topological polar surface area (TPSA) is 25.2 Å². The number of aliphatic hydroxyl groups excluding tert-OH is 1. The van der Waals surface area contributed by atoms with Gasteiger partial charge in [0.05, 0.1) is 6.61 Å². The lowest BCUT2D eigenvalue weighted by Gasteiger charge is -1.99. The maximum atomic E-state index is 8.71. The molecule has 9 heavy (non-hydrogen) atoms. The Labute approximate surface area is 54.7 Å². The number of aryl methyl sites for hydroxylation is 1. The van der Waals surface area contributed by atoms with Crippen LogP contribution in [0.5, 0.6) is 0 Å². The zero-order chi connectivity index (χ0) is 6.85. The van der Waals surface area contributed by atoms with Crippen LogP contribution in [-0.4, -0.2) is 9.67 Å². The molecular weight excluding hydrogens is 114 g/mol. The summed E-state index contributed by atoms with van der Waals surface area (Å²) in [5.74, 6) is 0. The normalized spacial score (nSPS) is 10.1. The van der Waals surface area contributed by atoms with Crippen LogP contribution in [0.2, 0.25) is 0 Å². The first-order valence-electron chi connectivity index (χ1n) is 2.97. The van der Waals surface area contributed by atoms with E-state index in [4.69, 9.17) is 5.11 Å². The van der Waals surface area contributed by atoms with Crippen LogP contribution in [-0.2, 0) is 13.7 Å². The van der Waals surface area contributed by atoms with Crippen molar-refractivity contribution in [2.24, 2.45) is 7.05 Å². The molecule has 0 bridgehead atoms. The van der Waals surface area contributed by atoms with Crippen LogP contribution in [0, 0.1) is 6.92 Å². The summed E-state index contributed by atoms with van der Waals surface area (Å²) in [6.45, 7) is 2.14. The minimum atomic E-state index is 0.129. The van der Waals surface area contributed by atoms with E-state index < -0.39 is 0 Å². The summed E-state index contributed by atoms with van der Waals surface area (Å²) in [5, 5.41) is 8.71. The molecule has 0 atom stereocenters. The van der Waals surface area contributed by atoms with Gasteiger partial charge in [-0.1, -0.05) is 0 Å². The highest BCUT2D eigenvalue weighted by molar-refractivity contribution is 5.13. The minimum absolute atomic E-state index is 0.129. The number of aromatic nitrogens is 1. The van der Waals surface area contributed by atoms with Gasteiger partial charge in [-0.05, 0) is 19.1 Å². The SMILES string of the molecule is Cc1ccc(CO)n1C. The van der Waals surface area contributed by atoms with Crippen molar-refractivity contribution in [1.82, 2.24) is 4.57 Å². The standard InChI is InChI=1S/C7H11NO/c1-6-3-4-7(5-9)8(6)2/h3-4,9H,5H2,1-2H3. The summed E-state index contributed by atoms with van der Waals surface area (Å²) < 4.78 is 1.97. The van der Waals surface area contributed by atoms with E-state index in [2.05, 4.69) is 0 Å². The Morgan fingerprint density at radius 3 is 2.44 bits per heavy atom. The molecule has 1 heterocycles. The van der Waals surface area contributed by atoms with E-state index >= 15 is 0 Å². The second kappa shape index (κ2) is 2.23. The van der Waals surface area contributed by atoms with Crippen molar-refractivity contribution in [2.45, 2.75) is 13.5 Å². The molecular formula is C7H11NO. The number of hydrogen-bond acceptors (Lipinski definition) is 1. The number of rotatable bonds is 1. The number of hydrogen-bond donors (Lipinski definition) is 1. The number of aliphatic hydroxyl groups is 1. The molecule has 0 amide bonds. The molecule has 2 nitrogen and oxygen atoms in total. The Morgan fingerprint density at radius 1 is 1.56 bits per heavy atom. The average Bonchev–Trinajstić information content (AvgIpc) is 2.15. The van der Waals surface area contributed by atoms with E-state index in [-0.39, 0.29) is 6.61 Å². The monoisotopic (exact) mass is 125 g/mol. The molecule has 0 saturated heterocycles. The lowest BCUT2D eigenvalue weighted by atomic mass is 10.4. The Bertz CT molecular complexity index is 203. The highest BCUT2D eigenvalue weighted by Gasteiger charge is 1.96. The maximum Gasteiger partial charge on any atom is 0.0832 e. The van der Waals surface area contributed by atoms with Crippen molar-refractivity contribution < 1.29 is 5.11 Å². The largest absolute Gasteiger partial charge is 0.390 e. The molecule has 0 aliphatic carbocycles. The summed E-state index contributed by atoms with van der Waals surface area (Å²) in [4.78, 5) is 0. The van der Waals surface area contributed by atoms with Crippen LogP contribution < -0.4 is 0 Å². The van der Waals surface area contributed by atoms with Gasteiger partial charge in [0.25, 0.3) is 0 Å². The van der Waals surface area contributed by atoms with E-state index in [0.717, 1.165) is 5.69 Å². The maximum absolute atomic E-state index is 8.71. The van der Waals surface area contributed by atoms with Crippen molar-refractivity contribution in [2.75, 3.05) is 0 Å². The van der Waals surface area contributed by atoms with Gasteiger partial charge in [0, 0.05) is 18.4 Å². The number of nitrogens with zero attached hydrogens (tertiary/aromatic N) is 1. The molecule has 0 unspecified atom stereocenters. The van der Waals surface area contributed by atoms with E-state index in [1.807, 2.05) is 30.7 Å². The molecule has 0 aromatic carbocycles. The molecule has 0 spiro atoms. The van der Waals surface area contributed by atoms with Crippen LogP contribution >= 0.6 is 0 Å². The molecule has 0 radical (unpaired) electrons. The molecule has 2 heteroatoms. The van der Waals surface area contributed by atoms with E-state index in [0.29, 0.717) is 0 Å². The molecule has 1 aromatic rings. The Kier molecular flexibility index (Phi) is 1.58. The Hall–Kier alpha value is -0.760. The molecule has 1 rings (SSSR count). The van der Waals surface area contributed by atoms with Gasteiger partial charge in [0.15, 0.2) is 0 Å². The van der Waals surface area contributed by atoms with Crippen molar-refractivity contribution in [3.8, 4) is 0 Å². The van der Waals surface area contributed by atoms with E-state index in [1.54, 1.807) is 0 Å². The van der Waals surface area contributed by atoms with E-state index in [9.17, 15) is 0 Å². The summed E-state index contributed by atoms with van der Waals surface area (Å²) in [6, 6.07) is 3.92. The molecule has 0 aliphatic rings. The lowest BCUT2D eigenvalue weighted by molar-refractivity contribution is 0.272. The van der Waals surface area contributed by atoms with Crippen LogP contribution in [0.3, 0.4) is 0 Å². The molecule has 0 aliphatic heterocycles. The third-order valence-corrected chi connectivity index (χ3v) is 1.64. The average molecular weight is 125 g/mol. The van der Waals surface area contributed by atoms with E-state index in [1.165, 1.54) is 5.69 Å². The van der Waals surface area contributed by atoms with Gasteiger partial charge < -0.3 is 9.67 Å². The van der Waals surface area contributed by atoms with Crippen molar-refractivity contribution >= 4 is 0 Å². The second-order valence-corrected chi connectivity index (χ2v) is 2.18. The third-order valence-electron chi connectivity index (χ3n) is 1.64. The third kappa shape index (κ3) is 0.980. The zero-order valence-electron chi connectivity index (χ0n) is 5.76. The zero-order valence-corrected chi connectivity index (χ0v) is 5.76. The first-order chi connectivity index (χ1) is 4.25. The fourth-order valence-corrected chi connectivity index (χ4v) is 0.826. The summed E-state index contributed by atoms with van der Waals surface area (Å²) in [6.07, 6.45) is 0.